The maximum Gasteiger partial charge on any atom is 0.142 e. The first-order valence-corrected chi connectivity index (χ1v) is 9.52. The quantitative estimate of drug-likeness (QED) is 0.399. The van der Waals surface area contributed by atoms with Crippen LogP contribution in [0.5, 0.6) is 11.5 Å². The first-order chi connectivity index (χ1) is 14.3. The van der Waals surface area contributed by atoms with Gasteiger partial charge in [0.2, 0.25) is 0 Å². The zero-order valence-corrected chi connectivity index (χ0v) is 16.6. The average molecular weight is 381 g/mol. The van der Waals surface area contributed by atoms with Crippen molar-refractivity contribution < 1.29 is 9.47 Å². The number of rotatable bonds is 6. The Balaban J connectivity index is 1.65. The first-order valence-electron chi connectivity index (χ1n) is 9.52. The fraction of sp³-hybridized carbons (Fsp3) is 0.0769. The molecular weight excluding hydrogens is 358 g/mol. The summed E-state index contributed by atoms with van der Waals surface area (Å²) in [6.07, 6.45) is 0. The maximum absolute atomic E-state index is 5.64. The summed E-state index contributed by atoms with van der Waals surface area (Å²) in [5.74, 6) is 1.56. The number of anilines is 2. The Morgan fingerprint density at radius 2 is 0.897 bits per heavy atom. The molecule has 0 radical (unpaired) electrons. The molecule has 0 bridgehead atoms. The Morgan fingerprint density at radius 1 is 0.483 bits per heavy atom. The number of hydrogen-bond acceptors (Lipinski definition) is 3. The molecule has 3 nitrogen and oxygen atoms in total. The molecule has 0 fully saturated rings. The van der Waals surface area contributed by atoms with Gasteiger partial charge in [0.25, 0.3) is 0 Å². The second kappa shape index (κ2) is 8.53. The van der Waals surface area contributed by atoms with E-state index >= 15 is 0 Å². The van der Waals surface area contributed by atoms with E-state index in [2.05, 4.69) is 41.7 Å². The molecule has 3 heteroatoms. The van der Waals surface area contributed by atoms with Gasteiger partial charge in [-0.15, -0.1) is 0 Å². The SMILES string of the molecule is COc1cc(-c2ccccc2)ccc1Nc1ccc(-c2ccccc2)cc1OC. The van der Waals surface area contributed by atoms with E-state index in [0.717, 1.165) is 45.1 Å². The Labute approximate surface area is 171 Å². The normalized spacial score (nSPS) is 10.4. The minimum Gasteiger partial charge on any atom is -0.495 e. The standard InChI is InChI=1S/C26H23NO2/c1-28-25-17-21(19-9-5-3-6-10-19)13-15-23(25)27-24-16-14-22(18-26(24)29-2)20-11-7-4-8-12-20/h3-18,27H,1-2H3. The van der Waals surface area contributed by atoms with Crippen LogP contribution in [0.2, 0.25) is 0 Å². The molecule has 4 rings (SSSR count). The van der Waals surface area contributed by atoms with Crippen LogP contribution in [0.15, 0.2) is 97.1 Å². The number of hydrogen-bond donors (Lipinski definition) is 1. The molecule has 144 valence electrons. The van der Waals surface area contributed by atoms with Crippen LogP contribution in [0.3, 0.4) is 0 Å². The van der Waals surface area contributed by atoms with Crippen LogP contribution in [-0.4, -0.2) is 14.2 Å². The molecule has 0 saturated heterocycles. The van der Waals surface area contributed by atoms with E-state index in [4.69, 9.17) is 9.47 Å². The van der Waals surface area contributed by atoms with Gasteiger partial charge >= 0.3 is 0 Å². The van der Waals surface area contributed by atoms with Gasteiger partial charge in [-0.2, -0.15) is 0 Å². The highest BCUT2D eigenvalue weighted by Gasteiger charge is 2.10. The van der Waals surface area contributed by atoms with E-state index in [1.165, 1.54) is 0 Å². The second-order valence-electron chi connectivity index (χ2n) is 6.69. The smallest absolute Gasteiger partial charge is 0.142 e. The van der Waals surface area contributed by atoms with Gasteiger partial charge < -0.3 is 14.8 Å². The van der Waals surface area contributed by atoms with Crippen LogP contribution in [0.1, 0.15) is 0 Å². The lowest BCUT2D eigenvalue weighted by Crippen LogP contribution is -1.98. The van der Waals surface area contributed by atoms with E-state index in [-0.39, 0.29) is 0 Å². The van der Waals surface area contributed by atoms with Crippen LogP contribution in [0, 0.1) is 0 Å². The lowest BCUT2D eigenvalue weighted by molar-refractivity contribution is 0.414. The topological polar surface area (TPSA) is 30.5 Å². The van der Waals surface area contributed by atoms with E-state index in [1.807, 2.05) is 60.7 Å². The number of nitrogens with one attached hydrogen (secondary N) is 1. The van der Waals surface area contributed by atoms with Crippen molar-refractivity contribution in [3.05, 3.63) is 97.1 Å². The summed E-state index contributed by atoms with van der Waals surface area (Å²) in [4.78, 5) is 0. The van der Waals surface area contributed by atoms with Gasteiger partial charge in [0.1, 0.15) is 11.5 Å². The summed E-state index contributed by atoms with van der Waals surface area (Å²) in [5.41, 5.74) is 6.30. The fourth-order valence-corrected chi connectivity index (χ4v) is 3.35. The summed E-state index contributed by atoms with van der Waals surface area (Å²) in [6, 6.07) is 32.9. The van der Waals surface area contributed by atoms with Gasteiger partial charge in [-0.3, -0.25) is 0 Å². The molecule has 0 atom stereocenters. The van der Waals surface area contributed by atoms with Crippen molar-refractivity contribution in [2.75, 3.05) is 19.5 Å². The van der Waals surface area contributed by atoms with Crippen molar-refractivity contribution >= 4 is 11.4 Å². The summed E-state index contributed by atoms with van der Waals surface area (Å²) in [6.45, 7) is 0. The van der Waals surface area contributed by atoms with Crippen molar-refractivity contribution in [1.82, 2.24) is 0 Å². The van der Waals surface area contributed by atoms with Gasteiger partial charge in [0.05, 0.1) is 25.6 Å². The lowest BCUT2D eigenvalue weighted by Gasteiger charge is -2.16. The molecule has 29 heavy (non-hydrogen) atoms. The van der Waals surface area contributed by atoms with Gasteiger partial charge in [-0.1, -0.05) is 72.8 Å². The van der Waals surface area contributed by atoms with Crippen LogP contribution in [0.25, 0.3) is 22.3 Å². The second-order valence-corrected chi connectivity index (χ2v) is 6.69. The Bertz CT molecular complexity index is 1000. The molecule has 0 saturated carbocycles. The highest BCUT2D eigenvalue weighted by molar-refractivity contribution is 5.78. The molecule has 4 aromatic carbocycles. The summed E-state index contributed by atoms with van der Waals surface area (Å²) >= 11 is 0. The van der Waals surface area contributed by atoms with Gasteiger partial charge in [-0.25, -0.2) is 0 Å². The van der Waals surface area contributed by atoms with Gasteiger partial charge in [-0.05, 0) is 46.5 Å². The molecule has 0 aliphatic rings. The highest BCUT2D eigenvalue weighted by Crippen LogP contribution is 2.37. The number of benzene rings is 4. The minimum atomic E-state index is 0.778. The van der Waals surface area contributed by atoms with Crippen molar-refractivity contribution in [3.8, 4) is 33.8 Å². The molecule has 0 spiro atoms. The van der Waals surface area contributed by atoms with E-state index in [9.17, 15) is 0 Å². The van der Waals surface area contributed by atoms with Crippen LogP contribution in [-0.2, 0) is 0 Å². The third-order valence-electron chi connectivity index (χ3n) is 4.89. The van der Waals surface area contributed by atoms with E-state index in [1.54, 1.807) is 14.2 Å². The molecule has 1 N–H and O–H groups in total. The Kier molecular flexibility index (Phi) is 5.48. The zero-order valence-electron chi connectivity index (χ0n) is 16.6. The van der Waals surface area contributed by atoms with Crippen LogP contribution < -0.4 is 14.8 Å². The average Bonchev–Trinajstić information content (AvgIpc) is 2.80. The summed E-state index contributed by atoms with van der Waals surface area (Å²) < 4.78 is 11.3. The number of ether oxygens (including phenoxy) is 2. The first kappa shape index (κ1) is 18.6. The van der Waals surface area contributed by atoms with Crippen molar-refractivity contribution in [2.24, 2.45) is 0 Å². The minimum absolute atomic E-state index is 0.778. The van der Waals surface area contributed by atoms with E-state index in [0.29, 0.717) is 0 Å². The van der Waals surface area contributed by atoms with Gasteiger partial charge in [0.15, 0.2) is 0 Å². The lowest BCUT2D eigenvalue weighted by atomic mass is 10.0. The van der Waals surface area contributed by atoms with Crippen molar-refractivity contribution in [1.29, 1.82) is 0 Å². The van der Waals surface area contributed by atoms with Crippen molar-refractivity contribution in [3.63, 3.8) is 0 Å². The summed E-state index contributed by atoms with van der Waals surface area (Å²) in [5, 5.41) is 3.45. The Morgan fingerprint density at radius 3 is 1.28 bits per heavy atom. The molecule has 0 heterocycles. The molecular formula is C26H23NO2. The summed E-state index contributed by atoms with van der Waals surface area (Å²) in [7, 11) is 3.37. The van der Waals surface area contributed by atoms with E-state index < -0.39 is 0 Å². The molecule has 0 aromatic heterocycles. The highest BCUT2D eigenvalue weighted by atomic mass is 16.5. The molecule has 0 aliphatic heterocycles. The largest absolute Gasteiger partial charge is 0.495 e. The maximum atomic E-state index is 5.64. The fourth-order valence-electron chi connectivity index (χ4n) is 3.35. The number of methoxy groups -OCH3 is 2. The third-order valence-corrected chi connectivity index (χ3v) is 4.89. The third kappa shape index (κ3) is 4.09. The molecule has 0 aliphatic carbocycles. The van der Waals surface area contributed by atoms with Crippen LogP contribution >= 0.6 is 0 Å². The van der Waals surface area contributed by atoms with Gasteiger partial charge in [0, 0.05) is 0 Å². The van der Waals surface area contributed by atoms with Crippen LogP contribution in [0.4, 0.5) is 11.4 Å². The molecule has 0 amide bonds. The molecule has 4 aromatic rings. The predicted octanol–water partition coefficient (Wildman–Crippen LogP) is 6.78. The monoisotopic (exact) mass is 381 g/mol. The zero-order chi connectivity index (χ0) is 20.1. The molecule has 0 unspecified atom stereocenters. The Hall–Kier alpha value is -3.72. The predicted molar refractivity (Wildman–Crippen MR) is 120 cm³/mol. The van der Waals surface area contributed by atoms with Crippen molar-refractivity contribution in [2.45, 2.75) is 0 Å².